The van der Waals surface area contributed by atoms with Crippen LogP contribution in [0, 0.1) is 6.92 Å². The van der Waals surface area contributed by atoms with Gasteiger partial charge in [0.2, 0.25) is 10.0 Å². The van der Waals surface area contributed by atoms with E-state index in [1.165, 1.54) is 0 Å². The standard InChI is InChI=1S/C11H14BrNO2S/c1-4-9(3)13-16(14,15)10-5-6-11(12)8(2)7-10/h4-7,9,13H,1H2,2-3H3. The molecule has 0 fully saturated rings. The zero-order valence-electron chi connectivity index (χ0n) is 9.20. The van der Waals surface area contributed by atoms with Gasteiger partial charge in [-0.1, -0.05) is 22.0 Å². The van der Waals surface area contributed by atoms with Gasteiger partial charge in [0.15, 0.2) is 0 Å². The van der Waals surface area contributed by atoms with Gasteiger partial charge in [0.1, 0.15) is 0 Å². The fourth-order valence-electron chi connectivity index (χ4n) is 1.15. The largest absolute Gasteiger partial charge is 0.241 e. The van der Waals surface area contributed by atoms with Gasteiger partial charge in [-0.15, -0.1) is 6.58 Å². The second kappa shape index (κ2) is 5.12. The van der Waals surface area contributed by atoms with Crippen molar-refractivity contribution in [1.29, 1.82) is 0 Å². The molecule has 88 valence electrons. The van der Waals surface area contributed by atoms with Crippen LogP contribution in [0.4, 0.5) is 0 Å². The van der Waals surface area contributed by atoms with Crippen LogP contribution >= 0.6 is 15.9 Å². The minimum atomic E-state index is -3.45. The summed E-state index contributed by atoms with van der Waals surface area (Å²) < 4.78 is 27.2. The predicted octanol–water partition coefficient (Wildman–Crippen LogP) is 2.61. The van der Waals surface area contributed by atoms with Crippen molar-refractivity contribution in [3.05, 3.63) is 40.9 Å². The number of hydrogen-bond acceptors (Lipinski definition) is 2. The monoisotopic (exact) mass is 303 g/mol. The molecule has 1 atom stereocenters. The average Bonchev–Trinajstić information content (AvgIpc) is 2.21. The van der Waals surface area contributed by atoms with Crippen LogP contribution in [0.15, 0.2) is 40.2 Å². The van der Waals surface area contributed by atoms with Crippen molar-refractivity contribution in [3.63, 3.8) is 0 Å². The quantitative estimate of drug-likeness (QED) is 0.869. The van der Waals surface area contributed by atoms with Crippen molar-refractivity contribution in [2.75, 3.05) is 0 Å². The van der Waals surface area contributed by atoms with Crippen molar-refractivity contribution < 1.29 is 8.42 Å². The summed E-state index contributed by atoms with van der Waals surface area (Å²) in [6.45, 7) is 7.12. The van der Waals surface area contributed by atoms with E-state index in [-0.39, 0.29) is 10.9 Å². The topological polar surface area (TPSA) is 46.2 Å². The molecule has 0 aliphatic carbocycles. The van der Waals surface area contributed by atoms with Gasteiger partial charge >= 0.3 is 0 Å². The molecule has 5 heteroatoms. The predicted molar refractivity (Wildman–Crippen MR) is 68.9 cm³/mol. The van der Waals surface area contributed by atoms with Crippen LogP contribution in [0.3, 0.4) is 0 Å². The van der Waals surface area contributed by atoms with E-state index in [2.05, 4.69) is 27.2 Å². The molecule has 1 N–H and O–H groups in total. The molecule has 0 radical (unpaired) electrons. The van der Waals surface area contributed by atoms with Crippen LogP contribution in [0.25, 0.3) is 0 Å². The molecule has 3 nitrogen and oxygen atoms in total. The average molecular weight is 304 g/mol. The van der Waals surface area contributed by atoms with E-state index in [1.807, 2.05) is 6.92 Å². The Morgan fingerprint density at radius 2 is 2.12 bits per heavy atom. The number of rotatable bonds is 4. The Kier molecular flexibility index (Phi) is 4.29. The molecule has 0 saturated carbocycles. The molecule has 0 bridgehead atoms. The molecule has 0 aliphatic heterocycles. The second-order valence-corrected chi connectivity index (χ2v) is 6.12. The molecule has 0 aromatic heterocycles. The van der Waals surface area contributed by atoms with Crippen molar-refractivity contribution in [1.82, 2.24) is 4.72 Å². The number of benzene rings is 1. The Balaban J connectivity index is 3.08. The van der Waals surface area contributed by atoms with Crippen LogP contribution in [-0.4, -0.2) is 14.5 Å². The maximum absolute atomic E-state index is 11.9. The first-order chi connectivity index (χ1) is 7.36. The van der Waals surface area contributed by atoms with E-state index >= 15 is 0 Å². The minimum Gasteiger partial charge on any atom is -0.207 e. The van der Waals surface area contributed by atoms with E-state index in [9.17, 15) is 8.42 Å². The van der Waals surface area contributed by atoms with Crippen LogP contribution in [0.1, 0.15) is 12.5 Å². The maximum Gasteiger partial charge on any atom is 0.241 e. The van der Waals surface area contributed by atoms with Crippen molar-refractivity contribution in [2.45, 2.75) is 24.8 Å². The second-order valence-electron chi connectivity index (χ2n) is 3.56. The first-order valence-corrected chi connectivity index (χ1v) is 7.05. The van der Waals surface area contributed by atoms with Gasteiger partial charge in [-0.2, -0.15) is 0 Å². The maximum atomic E-state index is 11.9. The van der Waals surface area contributed by atoms with E-state index in [4.69, 9.17) is 0 Å². The zero-order chi connectivity index (χ0) is 12.3. The highest BCUT2D eigenvalue weighted by Crippen LogP contribution is 2.20. The van der Waals surface area contributed by atoms with Crippen molar-refractivity contribution in [3.8, 4) is 0 Å². The molecule has 0 aliphatic rings. The lowest BCUT2D eigenvalue weighted by Gasteiger charge is -2.11. The van der Waals surface area contributed by atoms with Gasteiger partial charge in [0.05, 0.1) is 4.90 Å². The summed E-state index contributed by atoms with van der Waals surface area (Å²) in [5, 5.41) is 0. The van der Waals surface area contributed by atoms with Crippen molar-refractivity contribution >= 4 is 26.0 Å². The third-order valence-corrected chi connectivity index (χ3v) is 4.58. The molecule has 1 aromatic rings. The summed E-state index contributed by atoms with van der Waals surface area (Å²) in [4.78, 5) is 0.266. The Morgan fingerprint density at radius 3 is 2.62 bits per heavy atom. The van der Waals surface area contributed by atoms with Gasteiger partial charge < -0.3 is 0 Å². The Labute approximate surface area is 105 Å². The first-order valence-electron chi connectivity index (χ1n) is 4.78. The number of aryl methyl sites for hydroxylation is 1. The Hall–Kier alpha value is -0.650. The molecule has 16 heavy (non-hydrogen) atoms. The summed E-state index contributed by atoms with van der Waals surface area (Å²) in [7, 11) is -3.45. The van der Waals surface area contributed by atoms with Gasteiger partial charge in [-0.3, -0.25) is 0 Å². The summed E-state index contributed by atoms with van der Waals surface area (Å²) in [5.41, 5.74) is 0.883. The fourth-order valence-corrected chi connectivity index (χ4v) is 2.69. The molecule has 1 aromatic carbocycles. The highest BCUT2D eigenvalue weighted by atomic mass is 79.9. The van der Waals surface area contributed by atoms with Gasteiger partial charge in [-0.05, 0) is 37.6 Å². The molecular formula is C11H14BrNO2S. The van der Waals surface area contributed by atoms with E-state index in [1.54, 1.807) is 31.2 Å². The molecular weight excluding hydrogens is 290 g/mol. The lowest BCUT2D eigenvalue weighted by atomic mass is 10.2. The molecule has 0 saturated heterocycles. The smallest absolute Gasteiger partial charge is 0.207 e. The molecule has 1 unspecified atom stereocenters. The highest BCUT2D eigenvalue weighted by molar-refractivity contribution is 9.10. The van der Waals surface area contributed by atoms with E-state index in [0.29, 0.717) is 0 Å². The lowest BCUT2D eigenvalue weighted by Crippen LogP contribution is -2.30. The van der Waals surface area contributed by atoms with E-state index in [0.717, 1.165) is 10.0 Å². The number of sulfonamides is 1. The Bertz CT molecular complexity index is 497. The Morgan fingerprint density at radius 1 is 1.50 bits per heavy atom. The van der Waals surface area contributed by atoms with Crippen LogP contribution < -0.4 is 4.72 Å². The van der Waals surface area contributed by atoms with Gasteiger partial charge in [-0.25, -0.2) is 13.1 Å². The molecule has 0 heterocycles. The van der Waals surface area contributed by atoms with E-state index < -0.39 is 10.0 Å². The van der Waals surface area contributed by atoms with Crippen LogP contribution in [0.5, 0.6) is 0 Å². The fraction of sp³-hybridized carbons (Fsp3) is 0.273. The van der Waals surface area contributed by atoms with Crippen molar-refractivity contribution in [2.24, 2.45) is 0 Å². The first kappa shape index (κ1) is 13.4. The molecule has 1 rings (SSSR count). The summed E-state index contributed by atoms with van der Waals surface area (Å²) in [5.74, 6) is 0. The summed E-state index contributed by atoms with van der Waals surface area (Å²) >= 11 is 3.33. The third-order valence-electron chi connectivity index (χ3n) is 2.13. The number of halogens is 1. The van der Waals surface area contributed by atoms with Crippen LogP contribution in [0.2, 0.25) is 0 Å². The van der Waals surface area contributed by atoms with Gasteiger partial charge in [0, 0.05) is 10.5 Å². The molecule has 0 amide bonds. The highest BCUT2D eigenvalue weighted by Gasteiger charge is 2.16. The minimum absolute atomic E-state index is 0.266. The lowest BCUT2D eigenvalue weighted by molar-refractivity contribution is 0.576. The zero-order valence-corrected chi connectivity index (χ0v) is 11.6. The summed E-state index contributed by atoms with van der Waals surface area (Å²) in [6, 6.07) is 4.63. The SMILES string of the molecule is C=CC(C)NS(=O)(=O)c1ccc(Br)c(C)c1. The summed E-state index contributed by atoms with van der Waals surface area (Å²) in [6.07, 6.45) is 1.54. The van der Waals surface area contributed by atoms with Crippen LogP contribution in [-0.2, 0) is 10.0 Å². The molecule has 0 spiro atoms. The number of hydrogen-bond donors (Lipinski definition) is 1. The van der Waals surface area contributed by atoms with Gasteiger partial charge in [0.25, 0.3) is 0 Å². The third kappa shape index (κ3) is 3.17. The number of nitrogens with one attached hydrogen (secondary N) is 1. The normalized spacial score (nSPS) is 13.4.